The van der Waals surface area contributed by atoms with Crippen molar-refractivity contribution in [3.05, 3.63) is 89.5 Å². The van der Waals surface area contributed by atoms with Crippen molar-refractivity contribution >= 4 is 11.4 Å². The molecule has 0 N–H and O–H groups in total. The van der Waals surface area contributed by atoms with Crippen LogP contribution >= 0.6 is 0 Å². The summed E-state index contributed by atoms with van der Waals surface area (Å²) in [6.45, 7) is 0. The molecule has 22 heavy (non-hydrogen) atoms. The van der Waals surface area contributed by atoms with Gasteiger partial charge in [-0.25, -0.2) is 13.8 Å². The van der Waals surface area contributed by atoms with Crippen LogP contribution in [0.3, 0.4) is 0 Å². The molecule has 0 unspecified atom stereocenters. The fraction of sp³-hybridized carbons (Fsp3) is 0.105. The van der Waals surface area contributed by atoms with E-state index < -0.39 is 11.7 Å². The highest BCUT2D eigenvalue weighted by Crippen LogP contribution is 2.30. The molecule has 0 radical (unpaired) electrons. The van der Waals surface area contributed by atoms with E-state index in [0.29, 0.717) is 18.4 Å². The van der Waals surface area contributed by atoms with Crippen molar-refractivity contribution in [2.45, 2.75) is 12.8 Å². The highest BCUT2D eigenvalue weighted by Gasteiger charge is 2.17. The largest absolute Gasteiger partial charge is 0.249 e. The maximum atomic E-state index is 14.4. The Morgan fingerprint density at radius 3 is 2.00 bits per heavy atom. The van der Waals surface area contributed by atoms with E-state index in [9.17, 15) is 8.78 Å². The van der Waals surface area contributed by atoms with Crippen LogP contribution in [-0.2, 0) is 0 Å². The maximum absolute atomic E-state index is 14.4. The summed E-state index contributed by atoms with van der Waals surface area (Å²) in [6, 6.07) is 18.5. The lowest BCUT2D eigenvalue weighted by atomic mass is 10.0. The molecule has 3 rings (SSSR count). The lowest BCUT2D eigenvalue weighted by Crippen LogP contribution is -2.04. The highest BCUT2D eigenvalue weighted by molar-refractivity contribution is 6.03. The van der Waals surface area contributed by atoms with Crippen LogP contribution in [0.25, 0.3) is 5.70 Å². The molecule has 2 aromatic rings. The van der Waals surface area contributed by atoms with E-state index >= 15 is 0 Å². The minimum absolute atomic E-state index is 0.0490. The van der Waals surface area contributed by atoms with Crippen LogP contribution in [0.2, 0.25) is 0 Å². The summed E-state index contributed by atoms with van der Waals surface area (Å²) < 4.78 is 28.2. The van der Waals surface area contributed by atoms with Crippen molar-refractivity contribution in [1.82, 2.24) is 0 Å². The Bertz CT molecular complexity index is 744. The molecule has 0 saturated carbocycles. The monoisotopic (exact) mass is 295 g/mol. The summed E-state index contributed by atoms with van der Waals surface area (Å²) in [4.78, 5) is 4.45. The first kappa shape index (κ1) is 14.4. The second kappa shape index (κ2) is 6.48. The molecule has 3 heteroatoms. The topological polar surface area (TPSA) is 12.4 Å². The molecule has 1 heterocycles. The second-order valence-corrected chi connectivity index (χ2v) is 5.04. The van der Waals surface area contributed by atoms with Gasteiger partial charge in [-0.15, -0.1) is 0 Å². The molecule has 0 saturated heterocycles. The van der Waals surface area contributed by atoms with Crippen LogP contribution in [0.15, 0.2) is 83.4 Å². The zero-order valence-corrected chi connectivity index (χ0v) is 12.0. The summed E-state index contributed by atoms with van der Waals surface area (Å²) in [5, 5.41) is 0. The van der Waals surface area contributed by atoms with Gasteiger partial charge in [-0.05, 0) is 24.5 Å². The zero-order chi connectivity index (χ0) is 15.4. The fourth-order valence-corrected chi connectivity index (χ4v) is 2.40. The first-order valence-electron chi connectivity index (χ1n) is 7.20. The molecule has 1 nitrogen and oxygen atoms in total. The van der Waals surface area contributed by atoms with Crippen molar-refractivity contribution in [3.8, 4) is 0 Å². The van der Waals surface area contributed by atoms with Gasteiger partial charge in [0.2, 0.25) is 0 Å². The van der Waals surface area contributed by atoms with E-state index in [1.54, 1.807) is 24.3 Å². The van der Waals surface area contributed by atoms with E-state index in [2.05, 4.69) is 4.99 Å². The predicted molar refractivity (Wildman–Crippen MR) is 85.9 cm³/mol. The summed E-state index contributed by atoms with van der Waals surface area (Å²) in [6.07, 6.45) is 2.28. The van der Waals surface area contributed by atoms with Gasteiger partial charge < -0.3 is 0 Å². The number of aliphatic imine (C=N–C) groups is 1. The van der Waals surface area contributed by atoms with Crippen molar-refractivity contribution in [2.75, 3.05) is 0 Å². The zero-order valence-electron chi connectivity index (χ0n) is 12.0. The predicted octanol–water partition coefficient (Wildman–Crippen LogP) is 5.46. The van der Waals surface area contributed by atoms with Crippen LogP contribution in [0, 0.1) is 0 Å². The van der Waals surface area contributed by atoms with Gasteiger partial charge in [0, 0.05) is 11.3 Å². The van der Waals surface area contributed by atoms with Crippen LogP contribution in [0.4, 0.5) is 8.78 Å². The molecular weight excluding hydrogens is 280 g/mol. The molecule has 0 fully saturated rings. The van der Waals surface area contributed by atoms with Gasteiger partial charge in [-0.2, -0.15) is 0 Å². The molecule has 0 aromatic heterocycles. The third kappa shape index (κ3) is 3.03. The summed E-state index contributed by atoms with van der Waals surface area (Å²) in [5.74, 6) is -1.74. The lowest BCUT2D eigenvalue weighted by molar-refractivity contribution is 0.542. The number of hydrogen-bond donors (Lipinski definition) is 0. The van der Waals surface area contributed by atoms with Crippen LogP contribution < -0.4 is 0 Å². The Labute approximate surface area is 128 Å². The molecule has 110 valence electrons. The number of halogens is 2. The van der Waals surface area contributed by atoms with Gasteiger partial charge in [-0.1, -0.05) is 60.7 Å². The Morgan fingerprint density at radius 1 is 0.773 bits per heavy atom. The first-order chi connectivity index (χ1) is 10.8. The Balaban J connectivity index is 2.15. The van der Waals surface area contributed by atoms with E-state index in [1.165, 1.54) is 6.08 Å². The van der Waals surface area contributed by atoms with Gasteiger partial charge in [0.05, 0.1) is 0 Å². The summed E-state index contributed by atoms with van der Waals surface area (Å²) in [5.41, 5.74) is 2.31. The summed E-state index contributed by atoms with van der Waals surface area (Å²) in [7, 11) is 0. The van der Waals surface area contributed by atoms with Gasteiger partial charge in [0.25, 0.3) is 0 Å². The average molecular weight is 295 g/mol. The molecule has 0 spiro atoms. The Hall–Kier alpha value is -2.55. The number of allylic oxidation sites excluding steroid dienone is 3. The molecule has 2 aromatic carbocycles. The van der Waals surface area contributed by atoms with Crippen molar-refractivity contribution < 1.29 is 8.78 Å². The number of hydrogen-bond acceptors (Lipinski definition) is 1. The number of benzene rings is 2. The lowest BCUT2D eigenvalue weighted by Gasteiger charge is -2.12. The molecular formula is C19H15F2N. The maximum Gasteiger partial charge on any atom is 0.184 e. The van der Waals surface area contributed by atoms with Crippen molar-refractivity contribution in [1.29, 1.82) is 0 Å². The number of nitrogens with zero attached hydrogens (tertiary/aromatic N) is 1. The molecule has 1 aliphatic heterocycles. The second-order valence-electron chi connectivity index (χ2n) is 5.04. The minimum atomic E-state index is -0.903. The smallest absolute Gasteiger partial charge is 0.184 e. The van der Waals surface area contributed by atoms with E-state index in [1.807, 2.05) is 36.4 Å². The van der Waals surface area contributed by atoms with Crippen LogP contribution in [-0.4, -0.2) is 5.71 Å². The van der Waals surface area contributed by atoms with E-state index in [0.717, 1.165) is 11.3 Å². The van der Waals surface area contributed by atoms with E-state index in [4.69, 9.17) is 0 Å². The SMILES string of the molecule is FC1=C/CCC(c2ccccc2)=N/C(c2ccccc2)=C\1F. The third-order valence-electron chi connectivity index (χ3n) is 3.52. The standard InChI is InChI=1S/C19H15F2N/c20-16-12-7-13-17(14-8-3-1-4-9-14)22-19(18(16)21)15-10-5-2-6-11-15/h1-6,8-12H,7,13H2/b16-12+,19-18+,22-17?. The van der Waals surface area contributed by atoms with Crippen molar-refractivity contribution in [2.24, 2.45) is 4.99 Å². The average Bonchev–Trinajstić information content (AvgIpc) is 2.57. The Kier molecular flexibility index (Phi) is 4.24. The molecule has 1 aliphatic rings. The number of rotatable bonds is 2. The van der Waals surface area contributed by atoms with Crippen LogP contribution in [0.1, 0.15) is 24.0 Å². The summed E-state index contributed by atoms with van der Waals surface area (Å²) >= 11 is 0. The molecule has 0 aliphatic carbocycles. The van der Waals surface area contributed by atoms with Crippen molar-refractivity contribution in [3.63, 3.8) is 0 Å². The van der Waals surface area contributed by atoms with Gasteiger partial charge in [0.15, 0.2) is 11.7 Å². The fourth-order valence-electron chi connectivity index (χ4n) is 2.40. The normalized spacial score (nSPS) is 21.4. The van der Waals surface area contributed by atoms with Gasteiger partial charge in [0.1, 0.15) is 5.70 Å². The minimum Gasteiger partial charge on any atom is -0.249 e. The molecule has 0 bridgehead atoms. The first-order valence-corrected chi connectivity index (χ1v) is 7.20. The quantitative estimate of drug-likeness (QED) is 0.697. The van der Waals surface area contributed by atoms with Crippen LogP contribution in [0.5, 0.6) is 0 Å². The molecule has 0 amide bonds. The third-order valence-corrected chi connectivity index (χ3v) is 3.52. The van der Waals surface area contributed by atoms with Gasteiger partial charge >= 0.3 is 0 Å². The molecule has 0 atom stereocenters. The van der Waals surface area contributed by atoms with Gasteiger partial charge in [-0.3, -0.25) is 0 Å². The highest BCUT2D eigenvalue weighted by atomic mass is 19.2. The van der Waals surface area contributed by atoms with E-state index in [-0.39, 0.29) is 5.70 Å². The Morgan fingerprint density at radius 2 is 1.36 bits per heavy atom.